The molecule has 0 saturated carbocycles. The second kappa shape index (κ2) is 33.4. The van der Waals surface area contributed by atoms with E-state index in [-0.39, 0.29) is 59.4 Å². The topological polar surface area (TPSA) is 167 Å². The fourth-order valence-corrected chi connectivity index (χ4v) is 9.97. The number of rotatable bonds is 30. The second-order valence-electron chi connectivity index (χ2n) is 22.8. The molecule has 2 heterocycles. The quantitative estimate of drug-likeness (QED) is 0.0333. The average Bonchev–Trinajstić information content (AvgIpc) is 3.40. The van der Waals surface area contributed by atoms with E-state index in [1.165, 1.54) is 11.1 Å². The Hall–Kier alpha value is -4.83. The summed E-state index contributed by atoms with van der Waals surface area (Å²) in [5, 5.41) is 16.7. The molecule has 3 aromatic rings. The number of carbonyl (C=O) groups is 5. The Labute approximate surface area is 450 Å². The third-order valence-corrected chi connectivity index (χ3v) is 15.0. The van der Waals surface area contributed by atoms with Crippen LogP contribution >= 0.6 is 0 Å². The summed E-state index contributed by atoms with van der Waals surface area (Å²) in [6, 6.07) is 29.9. The Kier molecular flexibility index (Phi) is 27.9. The number of nitrogens with zero attached hydrogens (tertiary/aromatic N) is 3. The lowest BCUT2D eigenvalue weighted by Crippen LogP contribution is -2.46. The molecular formula is C61H93N5O9. The summed E-state index contributed by atoms with van der Waals surface area (Å²) in [7, 11) is 0. The number of benzene rings is 3. The van der Waals surface area contributed by atoms with E-state index in [1.54, 1.807) is 6.92 Å². The maximum atomic E-state index is 13.9. The predicted octanol–water partition coefficient (Wildman–Crippen LogP) is 8.48. The standard InChI is InChI=1S/C34H50N2O4.C27H43N3O5/c1-27(25-40-26-29-14-9-6-10-15-29)30(17-11-16-28-12-7-5-8-13-28)32(37)24-31(34(2,3)4)33(38)35-18-19-36-20-22-39-23-21-36;1-21(30(34)20-31)23(12-8-11-22-9-6-5-7-10-22)25(32)19-24(27(2,3)4)26(33)28-13-14-29-15-17-35-18-16-29/h5-10,12-15,27,30-31H,11,16-26H2,1-4H3,(H,35,38);5-7,9-10,20-21,23-24,34H,8,11-19H2,1-4H3,(H,28,33)/t27-,30-,31-;21-,23+,24+/m10/s1. The molecule has 0 unspecified atom stereocenters. The molecule has 0 spiro atoms. The van der Waals surface area contributed by atoms with Crippen LogP contribution in [0.25, 0.3) is 0 Å². The van der Waals surface area contributed by atoms with Gasteiger partial charge in [-0.15, -0.1) is 0 Å². The molecule has 5 rings (SSSR count). The van der Waals surface area contributed by atoms with Gasteiger partial charge in [-0.25, -0.2) is 5.06 Å². The fraction of sp³-hybridized carbons (Fsp3) is 0.623. The predicted molar refractivity (Wildman–Crippen MR) is 296 cm³/mol. The van der Waals surface area contributed by atoms with Crippen LogP contribution in [0.15, 0.2) is 91.0 Å². The van der Waals surface area contributed by atoms with E-state index in [9.17, 15) is 29.2 Å². The molecule has 0 radical (unpaired) electrons. The summed E-state index contributed by atoms with van der Waals surface area (Å²) in [6.45, 7) is 26.0. The van der Waals surface area contributed by atoms with E-state index >= 15 is 0 Å². The van der Waals surface area contributed by atoms with Gasteiger partial charge >= 0.3 is 0 Å². The van der Waals surface area contributed by atoms with Gasteiger partial charge in [0.25, 0.3) is 0 Å². The highest BCUT2D eigenvalue weighted by atomic mass is 16.5. The molecule has 0 bridgehead atoms. The van der Waals surface area contributed by atoms with Crippen molar-refractivity contribution in [2.24, 2.45) is 40.4 Å². The molecule has 75 heavy (non-hydrogen) atoms. The van der Waals surface area contributed by atoms with Gasteiger partial charge in [-0.05, 0) is 78.9 Å². The minimum atomic E-state index is -0.666. The van der Waals surface area contributed by atoms with Gasteiger partial charge < -0.3 is 24.8 Å². The first kappa shape index (κ1) is 62.7. The number of carbonyl (C=O) groups excluding carboxylic acids is 5. The molecule has 14 nitrogen and oxygen atoms in total. The number of nitrogens with one attached hydrogen (secondary N) is 2. The first-order valence-electron chi connectivity index (χ1n) is 27.7. The van der Waals surface area contributed by atoms with E-state index in [4.69, 9.17) is 14.2 Å². The van der Waals surface area contributed by atoms with Crippen LogP contribution in [0.2, 0.25) is 0 Å². The van der Waals surface area contributed by atoms with Crippen molar-refractivity contribution in [3.8, 4) is 0 Å². The number of ether oxygens (including phenoxy) is 3. The first-order chi connectivity index (χ1) is 35.9. The van der Waals surface area contributed by atoms with Crippen molar-refractivity contribution >= 4 is 29.8 Å². The van der Waals surface area contributed by atoms with Crippen LogP contribution in [0.3, 0.4) is 0 Å². The van der Waals surface area contributed by atoms with Gasteiger partial charge in [-0.2, -0.15) is 0 Å². The number of ketones is 2. The van der Waals surface area contributed by atoms with Crippen molar-refractivity contribution in [2.75, 3.05) is 85.4 Å². The Balaban J connectivity index is 0.000000328. The second-order valence-corrected chi connectivity index (χ2v) is 22.8. The Morgan fingerprint density at radius 2 is 1.01 bits per heavy atom. The molecule has 2 saturated heterocycles. The van der Waals surface area contributed by atoms with E-state index in [2.05, 4.69) is 84.5 Å². The summed E-state index contributed by atoms with van der Waals surface area (Å²) < 4.78 is 16.8. The maximum absolute atomic E-state index is 13.9. The van der Waals surface area contributed by atoms with Crippen molar-refractivity contribution in [3.05, 3.63) is 108 Å². The van der Waals surface area contributed by atoms with Crippen molar-refractivity contribution in [1.82, 2.24) is 25.5 Å². The highest BCUT2D eigenvalue weighted by Gasteiger charge is 2.38. The largest absolute Gasteiger partial charge is 0.379 e. The molecule has 2 fully saturated rings. The number of hydrogen-bond donors (Lipinski definition) is 3. The van der Waals surface area contributed by atoms with E-state index in [1.807, 2.05) is 75.4 Å². The number of aryl methyl sites for hydroxylation is 2. The van der Waals surface area contributed by atoms with Crippen molar-refractivity contribution in [2.45, 2.75) is 119 Å². The van der Waals surface area contributed by atoms with Gasteiger partial charge in [0, 0.05) is 88.9 Å². The van der Waals surface area contributed by atoms with Crippen LogP contribution in [-0.2, 0) is 57.6 Å². The lowest BCUT2D eigenvalue weighted by atomic mass is 9.74. The van der Waals surface area contributed by atoms with Crippen molar-refractivity contribution < 1.29 is 43.4 Å². The molecule has 14 heteroatoms. The zero-order valence-corrected chi connectivity index (χ0v) is 46.8. The molecule has 6 atom stereocenters. The first-order valence-corrected chi connectivity index (χ1v) is 27.7. The molecule has 0 aromatic heterocycles. The zero-order valence-electron chi connectivity index (χ0n) is 46.8. The minimum Gasteiger partial charge on any atom is -0.379 e. The lowest BCUT2D eigenvalue weighted by molar-refractivity contribution is -0.166. The molecule has 3 amide bonds. The van der Waals surface area contributed by atoms with Gasteiger partial charge in [0.2, 0.25) is 18.2 Å². The van der Waals surface area contributed by atoms with E-state index < -0.39 is 23.3 Å². The maximum Gasteiger partial charge on any atom is 0.233 e. The Morgan fingerprint density at radius 3 is 1.41 bits per heavy atom. The van der Waals surface area contributed by atoms with Crippen LogP contribution in [0.1, 0.15) is 111 Å². The van der Waals surface area contributed by atoms with Gasteiger partial charge in [0.1, 0.15) is 11.6 Å². The smallest absolute Gasteiger partial charge is 0.233 e. The number of morpholine rings is 2. The highest BCUT2D eigenvalue weighted by Crippen LogP contribution is 2.34. The Morgan fingerprint density at radius 1 is 0.627 bits per heavy atom. The molecule has 3 N–H and O–H groups in total. The van der Waals surface area contributed by atoms with Crippen molar-refractivity contribution in [1.29, 1.82) is 0 Å². The number of hydrogen-bond acceptors (Lipinski definition) is 11. The molecule has 416 valence electrons. The van der Waals surface area contributed by atoms with E-state index in [0.717, 1.165) is 90.1 Å². The van der Waals surface area contributed by atoms with Crippen LogP contribution < -0.4 is 10.6 Å². The summed E-state index contributed by atoms with van der Waals surface area (Å²) in [6.07, 6.45) is 5.38. The monoisotopic (exact) mass is 1040 g/mol. The molecular weight excluding hydrogens is 947 g/mol. The van der Waals surface area contributed by atoms with Gasteiger partial charge in [0.05, 0.1) is 45.7 Å². The van der Waals surface area contributed by atoms with Crippen LogP contribution in [0.5, 0.6) is 0 Å². The average molecular weight is 1040 g/mol. The van der Waals surface area contributed by atoms with Gasteiger partial charge in [-0.3, -0.25) is 39.0 Å². The normalized spacial score (nSPS) is 17.0. The zero-order chi connectivity index (χ0) is 54.6. The molecule has 3 aromatic carbocycles. The van der Waals surface area contributed by atoms with Crippen LogP contribution in [-0.4, -0.2) is 141 Å². The molecule has 0 aliphatic carbocycles. The summed E-state index contributed by atoms with van der Waals surface area (Å²) in [5.41, 5.74) is 2.85. The lowest BCUT2D eigenvalue weighted by Gasteiger charge is -2.33. The fourth-order valence-electron chi connectivity index (χ4n) is 9.97. The summed E-state index contributed by atoms with van der Waals surface area (Å²) in [4.78, 5) is 69.6. The van der Waals surface area contributed by atoms with Gasteiger partial charge in [-0.1, -0.05) is 139 Å². The highest BCUT2D eigenvalue weighted by molar-refractivity contribution is 5.89. The van der Waals surface area contributed by atoms with Crippen LogP contribution in [0, 0.1) is 40.4 Å². The third-order valence-electron chi connectivity index (χ3n) is 15.0. The number of hydroxylamine groups is 2. The molecule has 2 aliphatic rings. The Bertz CT molecular complexity index is 2090. The SMILES string of the molecule is C[C@@H]([C@@H](CCCc1ccccc1)C(=O)C[C@H](C(=O)NCCN1CCOCC1)C(C)(C)C)N(O)C=O.C[C@H](COCc1ccccc1)[C@@H](CCCc1ccccc1)C(=O)C[C@H](C(=O)NCCN1CCOCC1)C(C)(C)C. The molecule has 2 aliphatic heterocycles. The minimum absolute atomic E-state index is 0.0230. The number of Topliss-reactive ketones (excluding diaryl/α,β-unsaturated/α-hetero) is 2. The number of amides is 3. The van der Waals surface area contributed by atoms with E-state index in [0.29, 0.717) is 57.4 Å². The van der Waals surface area contributed by atoms with Gasteiger partial charge in [0.15, 0.2) is 0 Å². The summed E-state index contributed by atoms with van der Waals surface area (Å²) >= 11 is 0. The van der Waals surface area contributed by atoms with Crippen molar-refractivity contribution in [3.63, 3.8) is 0 Å². The van der Waals surface area contributed by atoms with Crippen LogP contribution in [0.4, 0.5) is 0 Å². The summed E-state index contributed by atoms with van der Waals surface area (Å²) in [5.74, 6) is -1.61. The third kappa shape index (κ3) is 23.5.